The molecule has 26 heavy (non-hydrogen) atoms. The molecule has 0 N–H and O–H groups in total. The average molecular weight is 368 g/mol. The first-order valence-corrected chi connectivity index (χ1v) is 9.44. The van der Waals surface area contributed by atoms with E-state index in [-0.39, 0.29) is 17.5 Å². The van der Waals surface area contributed by atoms with Gasteiger partial charge in [0, 0.05) is 42.5 Å². The van der Waals surface area contributed by atoms with Crippen molar-refractivity contribution in [2.24, 2.45) is 0 Å². The van der Waals surface area contributed by atoms with Gasteiger partial charge in [0.25, 0.3) is 5.56 Å². The zero-order valence-corrected chi connectivity index (χ0v) is 15.6. The molecule has 1 aliphatic rings. The van der Waals surface area contributed by atoms with Crippen LogP contribution in [0.5, 0.6) is 0 Å². The van der Waals surface area contributed by atoms with Crippen LogP contribution in [0.15, 0.2) is 47.4 Å². The van der Waals surface area contributed by atoms with Crippen molar-refractivity contribution in [1.29, 1.82) is 0 Å². The molecule has 7 heteroatoms. The number of thiazole rings is 1. The lowest BCUT2D eigenvalue weighted by molar-refractivity contribution is -0.125. The predicted molar refractivity (Wildman–Crippen MR) is 103 cm³/mol. The molecule has 6 nitrogen and oxygen atoms in total. The highest BCUT2D eigenvalue weighted by molar-refractivity contribution is 7.16. The number of aryl methyl sites for hydroxylation is 1. The second-order valence-electron chi connectivity index (χ2n) is 6.55. The van der Waals surface area contributed by atoms with Crippen molar-refractivity contribution in [3.63, 3.8) is 0 Å². The van der Waals surface area contributed by atoms with Gasteiger partial charge in [-0.3, -0.25) is 18.9 Å². The quantitative estimate of drug-likeness (QED) is 0.712. The van der Waals surface area contributed by atoms with Gasteiger partial charge in [0.2, 0.25) is 5.91 Å². The molecule has 1 aromatic carbocycles. The van der Waals surface area contributed by atoms with Crippen LogP contribution in [0.4, 0.5) is 5.69 Å². The fourth-order valence-corrected chi connectivity index (χ4v) is 4.19. The molecule has 0 bridgehead atoms. The Bertz CT molecular complexity index is 1010. The van der Waals surface area contributed by atoms with Gasteiger partial charge in [-0.25, -0.2) is 4.98 Å². The van der Waals surface area contributed by atoms with Crippen molar-refractivity contribution in [3.8, 4) is 0 Å². The number of carbonyl (C=O) groups excluding carboxylic acids is 1. The van der Waals surface area contributed by atoms with E-state index in [1.54, 1.807) is 10.5 Å². The summed E-state index contributed by atoms with van der Waals surface area (Å²) in [5.74, 6) is 0.0761. The van der Waals surface area contributed by atoms with E-state index in [0.717, 1.165) is 17.1 Å². The Labute approximate surface area is 155 Å². The summed E-state index contributed by atoms with van der Waals surface area (Å²) in [6, 6.07) is 11.0. The smallest absolute Gasteiger partial charge is 0.258 e. The topological polar surface area (TPSA) is 57.9 Å². The summed E-state index contributed by atoms with van der Waals surface area (Å²) in [5.41, 5.74) is 1.57. The Morgan fingerprint density at radius 2 is 1.96 bits per heavy atom. The molecule has 0 unspecified atom stereocenters. The van der Waals surface area contributed by atoms with Crippen molar-refractivity contribution >= 4 is 27.9 Å². The van der Waals surface area contributed by atoms with Gasteiger partial charge < -0.3 is 4.90 Å². The zero-order valence-electron chi connectivity index (χ0n) is 14.8. The van der Waals surface area contributed by atoms with E-state index in [4.69, 9.17) is 0 Å². The van der Waals surface area contributed by atoms with E-state index >= 15 is 0 Å². The molecule has 1 amide bonds. The zero-order chi connectivity index (χ0) is 18.3. The number of anilines is 1. The van der Waals surface area contributed by atoms with E-state index in [2.05, 4.69) is 9.88 Å². The summed E-state index contributed by atoms with van der Waals surface area (Å²) >= 11 is 1.50. The number of rotatable bonds is 3. The third-order valence-corrected chi connectivity index (χ3v) is 5.65. The van der Waals surface area contributed by atoms with Crippen LogP contribution < -0.4 is 10.5 Å². The number of piperazine rings is 1. The van der Waals surface area contributed by atoms with Crippen molar-refractivity contribution in [1.82, 2.24) is 14.3 Å². The minimum atomic E-state index is -0.255. The summed E-state index contributed by atoms with van der Waals surface area (Å²) in [5, 5.41) is 0. The highest BCUT2D eigenvalue weighted by Gasteiger charge is 2.32. The first-order chi connectivity index (χ1) is 12.5. The molecule has 1 atom stereocenters. The van der Waals surface area contributed by atoms with Crippen molar-refractivity contribution < 1.29 is 4.79 Å². The van der Waals surface area contributed by atoms with Crippen molar-refractivity contribution in [2.75, 3.05) is 18.0 Å². The molecular formula is C19H20N4O2S. The van der Waals surface area contributed by atoms with Gasteiger partial charge in [-0.2, -0.15) is 0 Å². The Hall–Kier alpha value is -2.51. The molecule has 3 aromatic rings. The molecule has 0 saturated carbocycles. The van der Waals surface area contributed by atoms with Crippen LogP contribution >= 0.6 is 11.3 Å². The second kappa shape index (κ2) is 6.66. The minimum Gasteiger partial charge on any atom is -0.310 e. The number of fused-ring (bicyclic) bond motifs is 1. The lowest BCUT2D eigenvalue weighted by Gasteiger charge is -2.38. The highest BCUT2D eigenvalue weighted by Crippen LogP contribution is 2.21. The van der Waals surface area contributed by atoms with Gasteiger partial charge in [0.1, 0.15) is 0 Å². The summed E-state index contributed by atoms with van der Waals surface area (Å²) in [7, 11) is 0. The van der Waals surface area contributed by atoms with Crippen molar-refractivity contribution in [2.45, 2.75) is 26.4 Å². The average Bonchev–Trinajstić information content (AvgIpc) is 3.01. The number of hydrogen-bond acceptors (Lipinski definition) is 5. The van der Waals surface area contributed by atoms with Crippen LogP contribution in [0.2, 0.25) is 0 Å². The van der Waals surface area contributed by atoms with E-state index in [1.807, 2.05) is 55.3 Å². The summed E-state index contributed by atoms with van der Waals surface area (Å²) in [4.78, 5) is 35.3. The van der Waals surface area contributed by atoms with Crippen LogP contribution in [0.3, 0.4) is 0 Å². The number of amides is 1. The number of hydrogen-bond donors (Lipinski definition) is 0. The van der Waals surface area contributed by atoms with E-state index in [0.29, 0.717) is 23.7 Å². The number of nitrogens with zero attached hydrogens (tertiary/aromatic N) is 4. The van der Waals surface area contributed by atoms with Crippen LogP contribution in [0, 0.1) is 6.92 Å². The normalized spacial score (nSPS) is 18.6. The molecule has 0 spiro atoms. The Kier molecular flexibility index (Phi) is 4.34. The fourth-order valence-electron chi connectivity index (χ4n) is 3.34. The second-order valence-corrected chi connectivity index (χ2v) is 7.77. The molecule has 0 radical (unpaired) electrons. The third kappa shape index (κ3) is 3.04. The molecule has 1 aliphatic heterocycles. The molecule has 2 aromatic heterocycles. The molecule has 0 aliphatic carbocycles. The van der Waals surface area contributed by atoms with Gasteiger partial charge in [0.15, 0.2) is 4.96 Å². The maximum Gasteiger partial charge on any atom is 0.258 e. The van der Waals surface area contributed by atoms with Gasteiger partial charge in [-0.05, 0) is 26.0 Å². The first-order valence-electron chi connectivity index (χ1n) is 8.62. The van der Waals surface area contributed by atoms with Crippen LogP contribution in [-0.4, -0.2) is 39.3 Å². The fraction of sp³-hybridized carbons (Fsp3) is 0.316. The van der Waals surface area contributed by atoms with E-state index in [9.17, 15) is 9.59 Å². The monoisotopic (exact) mass is 368 g/mol. The molecule has 1 fully saturated rings. The van der Waals surface area contributed by atoms with Gasteiger partial charge >= 0.3 is 0 Å². The third-order valence-electron chi connectivity index (χ3n) is 4.75. The Balaban J connectivity index is 1.55. The lowest BCUT2D eigenvalue weighted by atomic mass is 10.1. The summed E-state index contributed by atoms with van der Waals surface area (Å²) in [6.07, 6.45) is 1.81. The number of para-hydroxylation sites is 1. The molecule has 4 rings (SSSR count). The summed E-state index contributed by atoms with van der Waals surface area (Å²) in [6.45, 7) is 5.75. The Morgan fingerprint density at radius 3 is 2.73 bits per heavy atom. The molecule has 1 saturated heterocycles. The number of aromatic nitrogens is 2. The standard InChI is InChI=1S/C19H20N4O2S/c1-13-11-23-17(24)10-15(20-19(23)26-13)12-21-8-9-22(18(25)14(21)2)16-6-4-3-5-7-16/h3-7,10-11,14H,8-9,12H2,1-2H3/t14-/m1/s1. The molecule has 3 heterocycles. The number of benzene rings is 1. The maximum absolute atomic E-state index is 12.8. The summed E-state index contributed by atoms with van der Waals surface area (Å²) < 4.78 is 1.57. The van der Waals surface area contributed by atoms with Crippen LogP contribution in [0.25, 0.3) is 4.96 Å². The molecule has 134 valence electrons. The maximum atomic E-state index is 12.8. The predicted octanol–water partition coefficient (Wildman–Crippen LogP) is 2.30. The minimum absolute atomic E-state index is 0.0729. The lowest BCUT2D eigenvalue weighted by Crippen LogP contribution is -2.55. The molecular weight excluding hydrogens is 348 g/mol. The van der Waals surface area contributed by atoms with Crippen molar-refractivity contribution in [3.05, 3.63) is 63.5 Å². The van der Waals surface area contributed by atoms with Crippen LogP contribution in [0.1, 0.15) is 17.5 Å². The van der Waals surface area contributed by atoms with Gasteiger partial charge in [0.05, 0.1) is 11.7 Å². The SMILES string of the molecule is Cc1cn2c(=O)cc(CN3CCN(c4ccccc4)C(=O)[C@H]3C)nc2s1. The van der Waals surface area contributed by atoms with Gasteiger partial charge in [-0.15, -0.1) is 11.3 Å². The van der Waals surface area contributed by atoms with E-state index < -0.39 is 0 Å². The largest absolute Gasteiger partial charge is 0.310 e. The first kappa shape index (κ1) is 16.9. The Morgan fingerprint density at radius 1 is 1.19 bits per heavy atom. The highest BCUT2D eigenvalue weighted by atomic mass is 32.1. The van der Waals surface area contributed by atoms with E-state index in [1.165, 1.54) is 11.3 Å². The van der Waals surface area contributed by atoms with Gasteiger partial charge in [-0.1, -0.05) is 18.2 Å². The number of carbonyl (C=O) groups is 1. The van der Waals surface area contributed by atoms with Crippen LogP contribution in [-0.2, 0) is 11.3 Å².